The first-order chi connectivity index (χ1) is 15.1. The van der Waals surface area contributed by atoms with Crippen LogP contribution in [-0.2, 0) is 16.0 Å². The van der Waals surface area contributed by atoms with Crippen LogP contribution in [0.1, 0.15) is 18.9 Å². The lowest BCUT2D eigenvalue weighted by Gasteiger charge is -2.36. The lowest BCUT2D eigenvalue weighted by atomic mass is 10.1. The molecule has 0 radical (unpaired) electrons. The Morgan fingerprint density at radius 1 is 1.06 bits per heavy atom. The molecule has 7 heteroatoms. The normalized spacial score (nSPS) is 18.7. The van der Waals surface area contributed by atoms with Crippen LogP contribution in [0.3, 0.4) is 0 Å². The average molecular weight is 441 g/mol. The Bertz CT molecular complexity index is 943. The van der Waals surface area contributed by atoms with Crippen molar-refractivity contribution in [2.75, 3.05) is 49.1 Å². The standard InChI is InChI=1S/C24H29ClN4O2/c1-2-23(30)29-21-9-4-3-6-18(21)16-22(29)24(31)26-10-11-27-12-14-28(15-13-27)20-8-5-7-19(25)17-20/h3-9,17,22H,2,10-16H2,1H3,(H,26,31)/t22-/m1/s1. The van der Waals surface area contributed by atoms with Crippen molar-refractivity contribution < 1.29 is 9.59 Å². The number of nitrogens with zero attached hydrogens (tertiary/aromatic N) is 3. The number of carbonyl (C=O) groups is 2. The molecule has 6 nitrogen and oxygen atoms in total. The number of halogens is 1. The average Bonchev–Trinajstić information content (AvgIpc) is 3.19. The molecule has 0 saturated carbocycles. The second-order valence-corrected chi connectivity index (χ2v) is 8.50. The molecule has 1 fully saturated rings. The summed E-state index contributed by atoms with van der Waals surface area (Å²) in [5, 5.41) is 3.82. The molecule has 164 valence electrons. The molecule has 2 aliphatic rings. The van der Waals surface area contributed by atoms with Gasteiger partial charge in [-0.25, -0.2) is 0 Å². The fraction of sp³-hybridized carbons (Fsp3) is 0.417. The van der Waals surface area contributed by atoms with E-state index in [4.69, 9.17) is 11.6 Å². The van der Waals surface area contributed by atoms with Gasteiger partial charge in [-0.1, -0.05) is 42.8 Å². The van der Waals surface area contributed by atoms with Crippen molar-refractivity contribution in [2.24, 2.45) is 0 Å². The third kappa shape index (κ3) is 4.86. The SMILES string of the molecule is CCC(=O)N1c2ccccc2C[C@@H]1C(=O)NCCN1CCN(c2cccc(Cl)c2)CC1. The van der Waals surface area contributed by atoms with Crippen LogP contribution in [0.4, 0.5) is 11.4 Å². The molecule has 31 heavy (non-hydrogen) atoms. The van der Waals surface area contributed by atoms with Gasteiger partial charge in [0, 0.05) is 68.5 Å². The van der Waals surface area contributed by atoms with E-state index < -0.39 is 6.04 Å². The summed E-state index contributed by atoms with van der Waals surface area (Å²) in [7, 11) is 0. The zero-order chi connectivity index (χ0) is 21.8. The van der Waals surface area contributed by atoms with Crippen LogP contribution in [-0.4, -0.2) is 62.0 Å². The second kappa shape index (κ2) is 9.71. The maximum absolute atomic E-state index is 12.9. The molecule has 2 aromatic carbocycles. The second-order valence-electron chi connectivity index (χ2n) is 8.07. The topological polar surface area (TPSA) is 55.9 Å². The van der Waals surface area contributed by atoms with Crippen LogP contribution in [0.5, 0.6) is 0 Å². The van der Waals surface area contributed by atoms with Gasteiger partial charge in [0.25, 0.3) is 0 Å². The molecule has 0 spiro atoms. The molecule has 0 bridgehead atoms. The van der Waals surface area contributed by atoms with Gasteiger partial charge in [-0.3, -0.25) is 19.4 Å². The lowest BCUT2D eigenvalue weighted by Crippen LogP contribution is -2.51. The van der Waals surface area contributed by atoms with E-state index in [0.29, 0.717) is 19.4 Å². The zero-order valence-corrected chi connectivity index (χ0v) is 18.6. The Labute approximate surface area is 188 Å². The smallest absolute Gasteiger partial charge is 0.243 e. The monoisotopic (exact) mass is 440 g/mol. The fourth-order valence-electron chi connectivity index (χ4n) is 4.43. The summed E-state index contributed by atoms with van der Waals surface area (Å²) in [6, 6.07) is 15.3. The predicted octanol–water partition coefficient (Wildman–Crippen LogP) is 2.95. The number of para-hydroxylation sites is 1. The van der Waals surface area contributed by atoms with Gasteiger partial charge in [-0.05, 0) is 29.8 Å². The fourth-order valence-corrected chi connectivity index (χ4v) is 4.62. The van der Waals surface area contributed by atoms with Crippen LogP contribution >= 0.6 is 11.6 Å². The number of amides is 2. The first-order valence-corrected chi connectivity index (χ1v) is 11.3. The van der Waals surface area contributed by atoms with E-state index in [1.54, 1.807) is 4.90 Å². The van der Waals surface area contributed by atoms with Crippen LogP contribution in [0.15, 0.2) is 48.5 Å². The van der Waals surface area contributed by atoms with Crippen molar-refractivity contribution in [3.05, 3.63) is 59.1 Å². The molecular formula is C24H29ClN4O2. The minimum atomic E-state index is -0.454. The third-order valence-electron chi connectivity index (χ3n) is 6.12. The summed E-state index contributed by atoms with van der Waals surface area (Å²) in [5.74, 6) is -0.0854. The number of fused-ring (bicyclic) bond motifs is 1. The van der Waals surface area contributed by atoms with Gasteiger partial charge >= 0.3 is 0 Å². The van der Waals surface area contributed by atoms with Gasteiger partial charge in [0.1, 0.15) is 6.04 Å². The summed E-state index contributed by atoms with van der Waals surface area (Å²) in [6.45, 7) is 6.97. The number of carbonyl (C=O) groups excluding carboxylic acids is 2. The molecule has 0 aliphatic carbocycles. The first-order valence-electron chi connectivity index (χ1n) is 11.0. The summed E-state index contributed by atoms with van der Waals surface area (Å²) >= 11 is 6.11. The summed E-state index contributed by atoms with van der Waals surface area (Å²) in [4.78, 5) is 31.8. The number of benzene rings is 2. The molecule has 1 atom stereocenters. The van der Waals surface area contributed by atoms with E-state index in [-0.39, 0.29) is 11.8 Å². The molecule has 0 unspecified atom stereocenters. The largest absolute Gasteiger partial charge is 0.369 e. The first kappa shape index (κ1) is 21.7. The molecular weight excluding hydrogens is 412 g/mol. The summed E-state index contributed by atoms with van der Waals surface area (Å²) in [5.41, 5.74) is 3.08. The van der Waals surface area contributed by atoms with Crippen LogP contribution < -0.4 is 15.1 Å². The van der Waals surface area contributed by atoms with Gasteiger partial charge < -0.3 is 10.2 Å². The van der Waals surface area contributed by atoms with Crippen LogP contribution in [0.25, 0.3) is 0 Å². The van der Waals surface area contributed by atoms with Gasteiger partial charge in [-0.15, -0.1) is 0 Å². The molecule has 2 aliphatic heterocycles. The maximum atomic E-state index is 12.9. The quantitative estimate of drug-likeness (QED) is 0.750. The van der Waals surface area contributed by atoms with E-state index in [0.717, 1.165) is 54.7 Å². The highest BCUT2D eigenvalue weighted by Gasteiger charge is 2.37. The zero-order valence-electron chi connectivity index (χ0n) is 17.9. The highest BCUT2D eigenvalue weighted by molar-refractivity contribution is 6.30. The van der Waals surface area contributed by atoms with Gasteiger partial charge in [0.05, 0.1) is 0 Å². The number of rotatable bonds is 6. The molecule has 2 aromatic rings. The summed E-state index contributed by atoms with van der Waals surface area (Å²) in [6.07, 6.45) is 0.959. The predicted molar refractivity (Wildman–Crippen MR) is 125 cm³/mol. The number of nitrogens with one attached hydrogen (secondary N) is 1. The highest BCUT2D eigenvalue weighted by Crippen LogP contribution is 2.32. The number of anilines is 2. The lowest BCUT2D eigenvalue weighted by molar-refractivity contribution is -0.126. The molecule has 1 saturated heterocycles. The van der Waals surface area contributed by atoms with Crippen molar-refractivity contribution in [3.8, 4) is 0 Å². The van der Waals surface area contributed by atoms with E-state index >= 15 is 0 Å². The third-order valence-corrected chi connectivity index (χ3v) is 6.36. The van der Waals surface area contributed by atoms with Crippen molar-refractivity contribution >= 4 is 34.8 Å². The van der Waals surface area contributed by atoms with E-state index in [2.05, 4.69) is 21.2 Å². The van der Waals surface area contributed by atoms with E-state index in [9.17, 15) is 9.59 Å². The van der Waals surface area contributed by atoms with Crippen LogP contribution in [0, 0.1) is 0 Å². The van der Waals surface area contributed by atoms with Crippen LogP contribution in [0.2, 0.25) is 5.02 Å². The van der Waals surface area contributed by atoms with Gasteiger partial charge in [0.2, 0.25) is 11.8 Å². The van der Waals surface area contributed by atoms with Crippen molar-refractivity contribution in [2.45, 2.75) is 25.8 Å². The van der Waals surface area contributed by atoms with Crippen molar-refractivity contribution in [3.63, 3.8) is 0 Å². The molecule has 0 aromatic heterocycles. The number of hydrogen-bond donors (Lipinski definition) is 1. The Kier molecular flexibility index (Phi) is 6.78. The van der Waals surface area contributed by atoms with E-state index in [1.165, 1.54) is 0 Å². The minimum absolute atomic E-state index is 0.0118. The Morgan fingerprint density at radius 3 is 2.58 bits per heavy atom. The Morgan fingerprint density at radius 2 is 1.84 bits per heavy atom. The Hall–Kier alpha value is -2.57. The van der Waals surface area contributed by atoms with E-state index in [1.807, 2.05) is 49.4 Å². The maximum Gasteiger partial charge on any atom is 0.243 e. The highest BCUT2D eigenvalue weighted by atomic mass is 35.5. The Balaban J connectivity index is 1.27. The molecule has 1 N–H and O–H groups in total. The van der Waals surface area contributed by atoms with Crippen molar-refractivity contribution in [1.29, 1.82) is 0 Å². The summed E-state index contributed by atoms with van der Waals surface area (Å²) < 4.78 is 0. The molecule has 2 amide bonds. The minimum Gasteiger partial charge on any atom is -0.369 e. The number of piperazine rings is 1. The molecule has 4 rings (SSSR count). The number of hydrogen-bond acceptors (Lipinski definition) is 4. The molecule has 2 heterocycles. The van der Waals surface area contributed by atoms with Gasteiger partial charge in [-0.2, -0.15) is 0 Å². The van der Waals surface area contributed by atoms with Crippen molar-refractivity contribution in [1.82, 2.24) is 10.2 Å². The van der Waals surface area contributed by atoms with Gasteiger partial charge in [0.15, 0.2) is 0 Å².